The van der Waals surface area contributed by atoms with Gasteiger partial charge >= 0.3 is 0 Å². The fraction of sp³-hybridized carbons (Fsp3) is 0.147. The summed E-state index contributed by atoms with van der Waals surface area (Å²) >= 11 is 9.19. The van der Waals surface area contributed by atoms with E-state index in [1.54, 1.807) is 24.3 Å². The topological polar surface area (TPSA) is 59.1 Å². The number of hydrogen-bond donors (Lipinski definition) is 0. The Kier molecular flexibility index (Phi) is 8.85. The Morgan fingerprint density at radius 3 is 1.81 bits per heavy atom. The van der Waals surface area contributed by atoms with Crippen molar-refractivity contribution in [2.75, 3.05) is 16.4 Å². The normalized spacial score (nSPS) is 13.4. The van der Waals surface area contributed by atoms with Crippen LogP contribution in [0.3, 0.4) is 0 Å². The molecule has 0 radical (unpaired) electrons. The fourth-order valence-electron chi connectivity index (χ4n) is 4.48. The molecule has 5 rings (SSSR count). The maximum Gasteiger partial charge on any atom is 0.270 e. The molecule has 212 valence electrons. The maximum absolute atomic E-state index is 13.9. The van der Waals surface area contributed by atoms with Gasteiger partial charge in [0.05, 0.1) is 18.0 Å². The van der Waals surface area contributed by atoms with Crippen LogP contribution in [0.5, 0.6) is 11.5 Å². The first-order chi connectivity index (χ1) is 20.2. The van der Waals surface area contributed by atoms with Crippen molar-refractivity contribution >= 4 is 62.5 Å². The third-order valence-corrected chi connectivity index (χ3v) is 7.61. The highest BCUT2D eigenvalue weighted by Gasteiger charge is 2.41. The minimum absolute atomic E-state index is 0.0178. The van der Waals surface area contributed by atoms with Gasteiger partial charge < -0.3 is 9.47 Å². The van der Waals surface area contributed by atoms with Gasteiger partial charge in [-0.1, -0.05) is 69.5 Å². The number of hydrogen-bond acceptors (Lipinski definition) is 5. The van der Waals surface area contributed by atoms with E-state index in [4.69, 9.17) is 21.7 Å². The van der Waals surface area contributed by atoms with Crippen molar-refractivity contribution in [3.05, 3.63) is 123 Å². The van der Waals surface area contributed by atoms with E-state index in [2.05, 4.69) is 15.9 Å². The Bertz CT molecular complexity index is 1600. The van der Waals surface area contributed by atoms with Gasteiger partial charge in [0.1, 0.15) is 12.2 Å². The molecule has 0 bridgehead atoms. The molecule has 0 aliphatic carbocycles. The summed E-state index contributed by atoms with van der Waals surface area (Å²) in [5.74, 6) is 0.0874. The lowest BCUT2D eigenvalue weighted by atomic mass is 10.0. The molecule has 0 unspecified atom stereocenters. The lowest BCUT2D eigenvalue weighted by Crippen LogP contribution is -2.56. The van der Waals surface area contributed by atoms with Crippen LogP contribution in [0.2, 0.25) is 0 Å². The Morgan fingerprint density at radius 2 is 1.29 bits per heavy atom. The molecule has 42 heavy (non-hydrogen) atoms. The molecule has 2 amide bonds. The summed E-state index contributed by atoms with van der Waals surface area (Å²) in [4.78, 5) is 30.6. The lowest BCUT2D eigenvalue weighted by molar-refractivity contribution is -0.120. The largest absolute Gasteiger partial charge is 0.490 e. The van der Waals surface area contributed by atoms with E-state index in [-0.39, 0.29) is 10.7 Å². The molecule has 1 aliphatic rings. The van der Waals surface area contributed by atoms with Gasteiger partial charge in [-0.2, -0.15) is 0 Å². The molecule has 8 heteroatoms. The zero-order valence-corrected chi connectivity index (χ0v) is 25.9. The molecule has 4 aromatic rings. The van der Waals surface area contributed by atoms with E-state index < -0.39 is 11.8 Å². The van der Waals surface area contributed by atoms with Gasteiger partial charge in [-0.15, -0.1) is 0 Å². The molecule has 6 nitrogen and oxygen atoms in total. The van der Waals surface area contributed by atoms with Crippen LogP contribution in [-0.2, 0) is 16.2 Å². The number of ether oxygens (including phenoxy) is 2. The number of anilines is 2. The van der Waals surface area contributed by atoms with Crippen LogP contribution < -0.4 is 19.3 Å². The molecule has 0 atom stereocenters. The number of carbonyl (C=O) groups excluding carboxylic acids is 2. The van der Waals surface area contributed by atoms with Gasteiger partial charge in [0, 0.05) is 4.47 Å². The number of carbonyl (C=O) groups is 2. The van der Waals surface area contributed by atoms with Crippen LogP contribution in [0.15, 0.2) is 101 Å². The molecule has 0 spiro atoms. The van der Waals surface area contributed by atoms with Gasteiger partial charge in [-0.25, -0.2) is 0 Å². The van der Waals surface area contributed by atoms with Gasteiger partial charge in [-0.05, 0) is 98.7 Å². The smallest absolute Gasteiger partial charge is 0.270 e. The molecule has 0 aromatic heterocycles. The predicted octanol–water partition coefficient (Wildman–Crippen LogP) is 7.79. The summed E-state index contributed by atoms with van der Waals surface area (Å²) in [5, 5.41) is 0.0987. The highest BCUT2D eigenvalue weighted by molar-refractivity contribution is 9.10. The second-order valence-electron chi connectivity index (χ2n) is 9.85. The highest BCUT2D eigenvalue weighted by Crippen LogP contribution is 2.33. The second-order valence-corrected chi connectivity index (χ2v) is 11.1. The summed E-state index contributed by atoms with van der Waals surface area (Å²) in [5.41, 5.74) is 4.86. The van der Waals surface area contributed by atoms with Gasteiger partial charge in [0.25, 0.3) is 11.8 Å². The predicted molar refractivity (Wildman–Crippen MR) is 174 cm³/mol. The van der Waals surface area contributed by atoms with E-state index in [1.165, 1.54) is 9.80 Å². The van der Waals surface area contributed by atoms with E-state index in [9.17, 15) is 9.59 Å². The van der Waals surface area contributed by atoms with Crippen LogP contribution in [-0.4, -0.2) is 23.5 Å². The van der Waals surface area contributed by atoms with Gasteiger partial charge in [0.2, 0.25) is 0 Å². The number of thiocarbonyl (C=S) groups is 1. The number of aryl methyl sites for hydroxylation is 2. The summed E-state index contributed by atoms with van der Waals surface area (Å²) < 4.78 is 12.9. The van der Waals surface area contributed by atoms with Crippen LogP contribution in [0.25, 0.3) is 6.08 Å². The van der Waals surface area contributed by atoms with E-state index in [0.717, 1.165) is 21.2 Å². The lowest BCUT2D eigenvalue weighted by Gasteiger charge is -2.36. The third-order valence-electron chi connectivity index (χ3n) is 6.72. The number of amides is 2. The molecule has 4 aromatic carbocycles. The van der Waals surface area contributed by atoms with Crippen molar-refractivity contribution in [3.63, 3.8) is 0 Å². The van der Waals surface area contributed by atoms with Crippen molar-refractivity contribution in [2.24, 2.45) is 0 Å². The molecule has 0 N–H and O–H groups in total. The Hall–Kier alpha value is -4.27. The van der Waals surface area contributed by atoms with Gasteiger partial charge in [0.15, 0.2) is 16.6 Å². The van der Waals surface area contributed by atoms with Crippen molar-refractivity contribution in [1.29, 1.82) is 0 Å². The first kappa shape index (κ1) is 29.2. The third kappa shape index (κ3) is 6.30. The quantitative estimate of drug-likeness (QED) is 0.112. The van der Waals surface area contributed by atoms with Crippen molar-refractivity contribution in [1.82, 2.24) is 0 Å². The molecule has 1 aliphatic heterocycles. The van der Waals surface area contributed by atoms with Crippen LogP contribution in [0.1, 0.15) is 29.2 Å². The summed E-state index contributed by atoms with van der Waals surface area (Å²) in [6, 6.07) is 28.2. The van der Waals surface area contributed by atoms with Crippen molar-refractivity contribution in [3.8, 4) is 11.5 Å². The highest BCUT2D eigenvalue weighted by atomic mass is 79.9. The summed E-state index contributed by atoms with van der Waals surface area (Å²) in [6.07, 6.45) is 1.58. The van der Waals surface area contributed by atoms with Crippen molar-refractivity contribution in [2.45, 2.75) is 27.4 Å². The molecule has 1 fully saturated rings. The summed E-state index contributed by atoms with van der Waals surface area (Å²) in [7, 11) is 0. The minimum atomic E-state index is -0.495. The van der Waals surface area contributed by atoms with Gasteiger partial charge in [-0.3, -0.25) is 19.4 Å². The molecular weight excluding hydrogens is 612 g/mol. The standard InChI is InChI=1S/C34H29BrN2O4S/c1-4-40-31-20-25(11-18-30(31)41-21-24-9-12-26(35)13-10-24)19-29-32(38)36(27-14-5-22(2)6-15-27)34(42)37(33(29)39)28-16-7-23(3)8-17-28/h5-20H,4,21H2,1-3H3. The Balaban J connectivity index is 1.52. The van der Waals surface area contributed by atoms with Crippen LogP contribution in [0.4, 0.5) is 11.4 Å². The molecule has 1 saturated heterocycles. The van der Waals surface area contributed by atoms with Crippen LogP contribution >= 0.6 is 28.1 Å². The minimum Gasteiger partial charge on any atom is -0.490 e. The van der Waals surface area contributed by atoms with Crippen LogP contribution in [0, 0.1) is 13.8 Å². The number of nitrogens with zero attached hydrogens (tertiary/aromatic N) is 2. The molecule has 0 saturated carbocycles. The fourth-order valence-corrected chi connectivity index (χ4v) is 5.12. The van der Waals surface area contributed by atoms with E-state index in [0.29, 0.717) is 41.7 Å². The second kappa shape index (κ2) is 12.7. The number of rotatable bonds is 8. The zero-order valence-electron chi connectivity index (χ0n) is 23.5. The first-order valence-electron chi connectivity index (χ1n) is 13.5. The SMILES string of the molecule is CCOc1cc(C=C2C(=O)N(c3ccc(C)cc3)C(=S)N(c3ccc(C)cc3)C2=O)ccc1OCc1ccc(Br)cc1. The Morgan fingerprint density at radius 1 is 0.738 bits per heavy atom. The van der Waals surface area contributed by atoms with Crippen molar-refractivity contribution < 1.29 is 19.1 Å². The maximum atomic E-state index is 13.9. The van der Waals surface area contributed by atoms with E-state index in [1.807, 2.05) is 93.6 Å². The Labute approximate surface area is 259 Å². The summed E-state index contributed by atoms with van der Waals surface area (Å²) in [6.45, 7) is 6.60. The van der Waals surface area contributed by atoms with E-state index >= 15 is 0 Å². The molecule has 1 heterocycles. The monoisotopic (exact) mass is 640 g/mol. The zero-order chi connectivity index (χ0) is 29.8. The first-order valence-corrected chi connectivity index (χ1v) is 14.7. The molecular formula is C34H29BrN2O4S. The number of halogens is 1. The average Bonchev–Trinajstić information content (AvgIpc) is 2.98. The average molecular weight is 642 g/mol. The number of benzene rings is 4.